The molecule has 0 bridgehead atoms. The number of para-hydroxylation sites is 1. The summed E-state index contributed by atoms with van der Waals surface area (Å²) in [6.45, 7) is 2.11. The number of aliphatic hydroxyl groups is 1. The second-order valence-corrected chi connectivity index (χ2v) is 3.18. The van der Waals surface area contributed by atoms with Crippen LogP contribution >= 0.6 is 0 Å². The van der Waals surface area contributed by atoms with Gasteiger partial charge in [-0.05, 0) is 19.1 Å². The van der Waals surface area contributed by atoms with Gasteiger partial charge in [0.05, 0.1) is 11.8 Å². The third kappa shape index (κ3) is 2.70. The smallest absolute Gasteiger partial charge is 0.146 e. The predicted molar refractivity (Wildman–Crippen MR) is 51.4 cm³/mol. The molecule has 0 aliphatic carbocycles. The Hall–Kier alpha value is -1.09. The highest BCUT2D eigenvalue weighted by molar-refractivity contribution is 5.46. The van der Waals surface area contributed by atoms with E-state index in [0.717, 1.165) is 0 Å². The minimum absolute atomic E-state index is 0.259. The first-order chi connectivity index (χ1) is 6.11. The van der Waals surface area contributed by atoms with Gasteiger partial charge in [0.1, 0.15) is 5.82 Å². The van der Waals surface area contributed by atoms with Crippen LogP contribution in [0.5, 0.6) is 0 Å². The van der Waals surface area contributed by atoms with Gasteiger partial charge >= 0.3 is 0 Å². The minimum Gasteiger partial charge on any atom is -0.392 e. The largest absolute Gasteiger partial charge is 0.392 e. The summed E-state index contributed by atoms with van der Waals surface area (Å²) < 4.78 is 13.2. The van der Waals surface area contributed by atoms with E-state index in [2.05, 4.69) is 0 Å². The molecule has 1 rings (SSSR count). The summed E-state index contributed by atoms with van der Waals surface area (Å²) in [4.78, 5) is 1.69. The molecular weight excluding hydrogens is 169 g/mol. The highest BCUT2D eigenvalue weighted by Crippen LogP contribution is 2.16. The molecule has 0 aliphatic rings. The van der Waals surface area contributed by atoms with E-state index < -0.39 is 6.10 Å². The van der Waals surface area contributed by atoms with Crippen LogP contribution < -0.4 is 4.90 Å². The van der Waals surface area contributed by atoms with Crippen molar-refractivity contribution in [1.82, 2.24) is 0 Å². The monoisotopic (exact) mass is 183 g/mol. The molecule has 0 saturated carbocycles. The van der Waals surface area contributed by atoms with Crippen LogP contribution in [0, 0.1) is 5.82 Å². The van der Waals surface area contributed by atoms with E-state index in [1.807, 2.05) is 0 Å². The maximum atomic E-state index is 13.2. The Kier molecular flexibility index (Phi) is 3.25. The topological polar surface area (TPSA) is 23.5 Å². The van der Waals surface area contributed by atoms with E-state index in [4.69, 9.17) is 5.11 Å². The molecule has 13 heavy (non-hydrogen) atoms. The van der Waals surface area contributed by atoms with E-state index in [1.54, 1.807) is 37.1 Å². The average Bonchev–Trinajstić information content (AvgIpc) is 2.03. The van der Waals surface area contributed by atoms with E-state index in [-0.39, 0.29) is 5.82 Å². The molecule has 0 aromatic heterocycles. The maximum Gasteiger partial charge on any atom is 0.146 e. The van der Waals surface area contributed by atoms with Crippen molar-refractivity contribution in [1.29, 1.82) is 0 Å². The number of likely N-dealkylation sites (N-methyl/N-ethyl adjacent to an activating group) is 1. The molecule has 0 radical (unpaired) electrons. The van der Waals surface area contributed by atoms with Crippen LogP contribution in [0.2, 0.25) is 0 Å². The van der Waals surface area contributed by atoms with Crippen molar-refractivity contribution in [3.63, 3.8) is 0 Å². The fourth-order valence-electron chi connectivity index (χ4n) is 1.26. The fraction of sp³-hybridized carbons (Fsp3) is 0.400. The summed E-state index contributed by atoms with van der Waals surface area (Å²) in [5, 5.41) is 9.11. The molecular formula is C10H14FNO. The minimum atomic E-state index is -0.454. The summed E-state index contributed by atoms with van der Waals surface area (Å²) in [5.41, 5.74) is 0.517. The normalized spacial score (nSPS) is 12.6. The van der Waals surface area contributed by atoms with Crippen LogP contribution in [0.1, 0.15) is 6.92 Å². The number of aliphatic hydroxyl groups excluding tert-OH is 1. The molecule has 0 fully saturated rings. The van der Waals surface area contributed by atoms with Gasteiger partial charge in [-0.1, -0.05) is 12.1 Å². The van der Waals surface area contributed by atoms with Crippen LogP contribution in [0.4, 0.5) is 10.1 Å². The lowest BCUT2D eigenvalue weighted by Crippen LogP contribution is -2.27. The zero-order valence-electron chi connectivity index (χ0n) is 7.87. The Morgan fingerprint density at radius 2 is 2.08 bits per heavy atom. The van der Waals surface area contributed by atoms with Crippen molar-refractivity contribution in [2.24, 2.45) is 0 Å². The zero-order chi connectivity index (χ0) is 9.84. The number of anilines is 1. The Morgan fingerprint density at radius 3 is 2.62 bits per heavy atom. The second kappa shape index (κ2) is 4.23. The van der Waals surface area contributed by atoms with Crippen LogP contribution in [0.3, 0.4) is 0 Å². The van der Waals surface area contributed by atoms with Crippen molar-refractivity contribution >= 4 is 5.69 Å². The summed E-state index contributed by atoms with van der Waals surface area (Å²) in [6, 6.07) is 6.53. The van der Waals surface area contributed by atoms with Gasteiger partial charge in [0.2, 0.25) is 0 Å². The van der Waals surface area contributed by atoms with Gasteiger partial charge in [-0.3, -0.25) is 0 Å². The first-order valence-corrected chi connectivity index (χ1v) is 4.25. The number of hydrogen-bond acceptors (Lipinski definition) is 2. The zero-order valence-corrected chi connectivity index (χ0v) is 7.87. The van der Waals surface area contributed by atoms with Gasteiger partial charge in [-0.2, -0.15) is 0 Å². The Morgan fingerprint density at radius 1 is 1.46 bits per heavy atom. The quantitative estimate of drug-likeness (QED) is 0.770. The fourth-order valence-corrected chi connectivity index (χ4v) is 1.26. The summed E-state index contributed by atoms with van der Waals surface area (Å²) >= 11 is 0. The molecule has 0 spiro atoms. The van der Waals surface area contributed by atoms with Crippen molar-refractivity contribution < 1.29 is 9.50 Å². The highest BCUT2D eigenvalue weighted by atomic mass is 19.1. The summed E-state index contributed by atoms with van der Waals surface area (Å²) in [5.74, 6) is -0.259. The second-order valence-electron chi connectivity index (χ2n) is 3.18. The van der Waals surface area contributed by atoms with Crippen LogP contribution in [0.25, 0.3) is 0 Å². The Bertz CT molecular complexity index is 275. The van der Waals surface area contributed by atoms with Crippen LogP contribution in [0.15, 0.2) is 24.3 Å². The van der Waals surface area contributed by atoms with Gasteiger partial charge in [-0.25, -0.2) is 4.39 Å². The van der Waals surface area contributed by atoms with Crippen molar-refractivity contribution in [2.75, 3.05) is 18.5 Å². The van der Waals surface area contributed by atoms with Crippen molar-refractivity contribution in [3.8, 4) is 0 Å². The lowest BCUT2D eigenvalue weighted by atomic mass is 10.2. The summed E-state index contributed by atoms with van der Waals surface area (Å²) in [6.07, 6.45) is -0.454. The predicted octanol–water partition coefficient (Wildman–Crippen LogP) is 1.64. The van der Waals surface area contributed by atoms with E-state index in [9.17, 15) is 4.39 Å². The third-order valence-electron chi connectivity index (χ3n) is 1.80. The van der Waals surface area contributed by atoms with Crippen LogP contribution in [-0.2, 0) is 0 Å². The number of rotatable bonds is 3. The number of halogens is 1. The molecule has 2 nitrogen and oxygen atoms in total. The number of benzene rings is 1. The van der Waals surface area contributed by atoms with E-state index in [1.165, 1.54) is 6.07 Å². The van der Waals surface area contributed by atoms with E-state index in [0.29, 0.717) is 12.2 Å². The molecule has 1 aromatic carbocycles. The molecule has 0 amide bonds. The molecule has 1 atom stereocenters. The highest BCUT2D eigenvalue weighted by Gasteiger charge is 2.07. The molecule has 1 aromatic rings. The van der Waals surface area contributed by atoms with Gasteiger partial charge < -0.3 is 10.0 Å². The Labute approximate surface area is 77.6 Å². The lowest BCUT2D eigenvalue weighted by molar-refractivity contribution is 0.201. The van der Waals surface area contributed by atoms with Gasteiger partial charge in [0, 0.05) is 13.6 Å². The molecule has 3 heteroatoms. The summed E-state index contributed by atoms with van der Waals surface area (Å²) in [7, 11) is 1.76. The lowest BCUT2D eigenvalue weighted by Gasteiger charge is -2.21. The average molecular weight is 183 g/mol. The van der Waals surface area contributed by atoms with Gasteiger partial charge in [0.25, 0.3) is 0 Å². The van der Waals surface area contributed by atoms with Crippen molar-refractivity contribution in [2.45, 2.75) is 13.0 Å². The maximum absolute atomic E-state index is 13.2. The Balaban J connectivity index is 2.76. The molecule has 1 N–H and O–H groups in total. The van der Waals surface area contributed by atoms with Crippen LogP contribution in [-0.4, -0.2) is 24.8 Å². The van der Waals surface area contributed by atoms with Crippen molar-refractivity contribution in [3.05, 3.63) is 30.1 Å². The number of hydrogen-bond donors (Lipinski definition) is 1. The van der Waals surface area contributed by atoms with Gasteiger partial charge in [-0.15, -0.1) is 0 Å². The number of nitrogens with zero attached hydrogens (tertiary/aromatic N) is 1. The molecule has 0 saturated heterocycles. The first-order valence-electron chi connectivity index (χ1n) is 4.25. The SMILES string of the molecule is C[C@H](O)CN(C)c1ccccc1F. The first kappa shape index (κ1) is 9.99. The molecule has 0 aliphatic heterocycles. The standard InChI is InChI=1S/C10H14FNO/c1-8(13)7-12(2)10-6-4-3-5-9(10)11/h3-6,8,13H,7H2,1-2H3/t8-/m0/s1. The molecule has 0 unspecified atom stereocenters. The van der Waals surface area contributed by atoms with Gasteiger partial charge in [0.15, 0.2) is 0 Å². The van der Waals surface area contributed by atoms with E-state index >= 15 is 0 Å². The third-order valence-corrected chi connectivity index (χ3v) is 1.80. The molecule has 72 valence electrons. The molecule has 0 heterocycles.